The molecule has 3 atom stereocenters. The smallest absolute Gasteiger partial charge is 0.227 e. The first-order valence-electron chi connectivity index (χ1n) is 6.63. The number of carbonyl (C=O) groups is 1. The summed E-state index contributed by atoms with van der Waals surface area (Å²) in [7, 11) is 1.94. The number of rotatable bonds is 5. The van der Waals surface area contributed by atoms with Crippen LogP contribution >= 0.6 is 11.8 Å². The van der Waals surface area contributed by atoms with Crippen molar-refractivity contribution < 1.29 is 4.79 Å². The van der Waals surface area contributed by atoms with Gasteiger partial charge >= 0.3 is 0 Å². The summed E-state index contributed by atoms with van der Waals surface area (Å²) in [6.07, 6.45) is 7.41. The Bertz CT molecular complexity index is 248. The van der Waals surface area contributed by atoms with E-state index in [0.29, 0.717) is 6.04 Å². The summed E-state index contributed by atoms with van der Waals surface area (Å²) in [5.41, 5.74) is 6.08. The normalized spacial score (nSPS) is 26.6. The Hall–Kier alpha value is -0.220. The van der Waals surface area contributed by atoms with E-state index in [-0.39, 0.29) is 17.9 Å². The van der Waals surface area contributed by atoms with Gasteiger partial charge in [-0.25, -0.2) is 0 Å². The SMILES string of the molecule is CCC(CSC)N(C)C(=O)C1CCCCC1N. The van der Waals surface area contributed by atoms with Crippen LogP contribution in [0.2, 0.25) is 0 Å². The highest BCUT2D eigenvalue weighted by molar-refractivity contribution is 7.98. The Morgan fingerprint density at radius 3 is 2.65 bits per heavy atom. The molecule has 4 heteroatoms. The molecular formula is C13H26N2OS. The fourth-order valence-corrected chi connectivity index (χ4v) is 3.45. The highest BCUT2D eigenvalue weighted by atomic mass is 32.2. The van der Waals surface area contributed by atoms with E-state index in [1.165, 1.54) is 6.42 Å². The zero-order chi connectivity index (χ0) is 12.8. The maximum Gasteiger partial charge on any atom is 0.227 e. The fraction of sp³-hybridized carbons (Fsp3) is 0.923. The lowest BCUT2D eigenvalue weighted by Gasteiger charge is -2.34. The molecule has 0 saturated heterocycles. The van der Waals surface area contributed by atoms with Crippen molar-refractivity contribution in [2.45, 2.75) is 51.1 Å². The lowest BCUT2D eigenvalue weighted by molar-refractivity contribution is -0.137. The van der Waals surface area contributed by atoms with E-state index in [1.807, 2.05) is 11.9 Å². The van der Waals surface area contributed by atoms with Crippen LogP contribution < -0.4 is 5.73 Å². The maximum absolute atomic E-state index is 12.4. The van der Waals surface area contributed by atoms with Gasteiger partial charge in [0.25, 0.3) is 0 Å². The molecule has 3 nitrogen and oxygen atoms in total. The van der Waals surface area contributed by atoms with Crippen LogP contribution in [0.4, 0.5) is 0 Å². The van der Waals surface area contributed by atoms with Crippen LogP contribution in [-0.2, 0) is 4.79 Å². The van der Waals surface area contributed by atoms with Gasteiger partial charge in [-0.1, -0.05) is 19.8 Å². The summed E-state index contributed by atoms with van der Waals surface area (Å²) in [4.78, 5) is 14.4. The second-order valence-corrected chi connectivity index (χ2v) is 5.93. The highest BCUT2D eigenvalue weighted by Crippen LogP contribution is 2.25. The number of amides is 1. The van der Waals surface area contributed by atoms with Crippen molar-refractivity contribution in [3.05, 3.63) is 0 Å². The summed E-state index contributed by atoms with van der Waals surface area (Å²) in [5.74, 6) is 1.34. The predicted molar refractivity (Wildman–Crippen MR) is 75.2 cm³/mol. The van der Waals surface area contributed by atoms with Crippen LogP contribution in [0.5, 0.6) is 0 Å². The molecule has 3 unspecified atom stereocenters. The second-order valence-electron chi connectivity index (χ2n) is 5.02. The second kappa shape index (κ2) is 7.27. The average molecular weight is 258 g/mol. The van der Waals surface area contributed by atoms with Gasteiger partial charge in [0.05, 0.1) is 5.92 Å². The van der Waals surface area contributed by atoms with Crippen LogP contribution in [0.1, 0.15) is 39.0 Å². The molecule has 1 amide bonds. The quantitative estimate of drug-likeness (QED) is 0.821. The van der Waals surface area contributed by atoms with Gasteiger partial charge in [-0.3, -0.25) is 4.79 Å². The standard InChI is InChI=1S/C13H26N2OS/c1-4-10(9-17-3)15(2)13(16)11-7-5-6-8-12(11)14/h10-12H,4-9,14H2,1-3H3. The van der Waals surface area contributed by atoms with Crippen molar-refractivity contribution in [1.29, 1.82) is 0 Å². The van der Waals surface area contributed by atoms with Crippen molar-refractivity contribution in [3.63, 3.8) is 0 Å². The lowest BCUT2D eigenvalue weighted by atomic mass is 9.84. The van der Waals surface area contributed by atoms with Gasteiger partial charge < -0.3 is 10.6 Å². The molecule has 1 fully saturated rings. The number of thioether (sulfide) groups is 1. The van der Waals surface area contributed by atoms with Crippen LogP contribution in [0.15, 0.2) is 0 Å². The van der Waals surface area contributed by atoms with E-state index < -0.39 is 0 Å². The third-order valence-electron chi connectivity index (χ3n) is 3.86. The minimum absolute atomic E-state index is 0.0599. The molecular weight excluding hydrogens is 232 g/mol. The van der Waals surface area contributed by atoms with Crippen molar-refractivity contribution >= 4 is 17.7 Å². The van der Waals surface area contributed by atoms with E-state index in [0.717, 1.165) is 31.4 Å². The van der Waals surface area contributed by atoms with Crippen LogP contribution in [0.25, 0.3) is 0 Å². The minimum Gasteiger partial charge on any atom is -0.342 e. The molecule has 0 aromatic heterocycles. The van der Waals surface area contributed by atoms with Gasteiger partial charge in [0, 0.05) is 24.9 Å². The Balaban J connectivity index is 2.60. The summed E-state index contributed by atoms with van der Waals surface area (Å²) in [6, 6.07) is 0.428. The van der Waals surface area contributed by atoms with Crippen molar-refractivity contribution in [3.8, 4) is 0 Å². The first kappa shape index (κ1) is 14.8. The summed E-state index contributed by atoms with van der Waals surface area (Å²) < 4.78 is 0. The molecule has 100 valence electrons. The summed E-state index contributed by atoms with van der Waals surface area (Å²) >= 11 is 1.80. The first-order valence-corrected chi connectivity index (χ1v) is 8.02. The van der Waals surface area contributed by atoms with Gasteiger partial charge in [-0.2, -0.15) is 11.8 Å². The zero-order valence-electron chi connectivity index (χ0n) is 11.3. The maximum atomic E-state index is 12.4. The Kier molecular flexibility index (Phi) is 6.34. The molecule has 1 saturated carbocycles. The molecule has 0 spiro atoms. The van der Waals surface area contributed by atoms with Gasteiger partial charge in [0.2, 0.25) is 5.91 Å². The molecule has 1 aliphatic rings. The number of hydrogen-bond donors (Lipinski definition) is 1. The largest absolute Gasteiger partial charge is 0.342 e. The third kappa shape index (κ3) is 3.88. The number of carbonyl (C=O) groups excluding carboxylic acids is 1. The molecule has 1 aliphatic carbocycles. The molecule has 17 heavy (non-hydrogen) atoms. The van der Waals surface area contributed by atoms with E-state index in [2.05, 4.69) is 13.2 Å². The molecule has 0 aromatic rings. The van der Waals surface area contributed by atoms with E-state index >= 15 is 0 Å². The summed E-state index contributed by atoms with van der Waals surface area (Å²) in [5, 5.41) is 0. The van der Waals surface area contributed by atoms with E-state index in [9.17, 15) is 4.79 Å². The zero-order valence-corrected chi connectivity index (χ0v) is 12.1. The highest BCUT2D eigenvalue weighted by Gasteiger charge is 2.32. The monoisotopic (exact) mass is 258 g/mol. The Morgan fingerprint density at radius 2 is 2.12 bits per heavy atom. The number of nitrogens with zero attached hydrogens (tertiary/aromatic N) is 1. The lowest BCUT2D eigenvalue weighted by Crippen LogP contribution is -2.48. The molecule has 0 aromatic carbocycles. The number of hydrogen-bond acceptors (Lipinski definition) is 3. The van der Waals surface area contributed by atoms with Gasteiger partial charge in [0.1, 0.15) is 0 Å². The van der Waals surface area contributed by atoms with Crippen LogP contribution in [0.3, 0.4) is 0 Å². The Labute approximate surface area is 109 Å². The van der Waals surface area contributed by atoms with Gasteiger partial charge in [-0.15, -0.1) is 0 Å². The molecule has 0 heterocycles. The Morgan fingerprint density at radius 1 is 1.47 bits per heavy atom. The number of nitrogens with two attached hydrogens (primary N) is 1. The van der Waals surface area contributed by atoms with Crippen LogP contribution in [0, 0.1) is 5.92 Å². The van der Waals surface area contributed by atoms with Gasteiger partial charge in [0.15, 0.2) is 0 Å². The average Bonchev–Trinajstić information content (AvgIpc) is 2.35. The fourth-order valence-electron chi connectivity index (χ4n) is 2.60. The topological polar surface area (TPSA) is 46.3 Å². The molecule has 0 bridgehead atoms. The minimum atomic E-state index is 0.0599. The predicted octanol–water partition coefficient (Wildman–Crippen LogP) is 2.10. The van der Waals surface area contributed by atoms with Crippen molar-refractivity contribution in [2.75, 3.05) is 19.1 Å². The van der Waals surface area contributed by atoms with Crippen molar-refractivity contribution in [2.24, 2.45) is 11.7 Å². The molecule has 2 N–H and O–H groups in total. The van der Waals surface area contributed by atoms with E-state index in [4.69, 9.17) is 5.73 Å². The molecule has 1 rings (SSSR count). The molecule has 0 aliphatic heterocycles. The van der Waals surface area contributed by atoms with Gasteiger partial charge in [-0.05, 0) is 25.5 Å². The van der Waals surface area contributed by atoms with E-state index in [1.54, 1.807) is 11.8 Å². The summed E-state index contributed by atoms with van der Waals surface area (Å²) in [6.45, 7) is 2.14. The first-order chi connectivity index (χ1) is 8.11. The molecule has 0 radical (unpaired) electrons. The van der Waals surface area contributed by atoms with Crippen molar-refractivity contribution in [1.82, 2.24) is 4.90 Å². The third-order valence-corrected chi connectivity index (χ3v) is 4.58. The van der Waals surface area contributed by atoms with Crippen LogP contribution in [-0.4, -0.2) is 41.9 Å².